The van der Waals surface area contributed by atoms with Gasteiger partial charge < -0.3 is 14.3 Å². The van der Waals surface area contributed by atoms with Gasteiger partial charge in [0.2, 0.25) is 10.9 Å². The molecule has 1 aliphatic rings. The summed E-state index contributed by atoms with van der Waals surface area (Å²) in [5, 5.41) is 19.4. The first kappa shape index (κ1) is 25.4. The molecule has 5 rings (SSSR count). The topological polar surface area (TPSA) is 106 Å². The molecule has 0 saturated carbocycles. The predicted octanol–water partition coefficient (Wildman–Crippen LogP) is 5.91. The second kappa shape index (κ2) is 11.0. The number of nitrogens with zero attached hydrogens (tertiary/aromatic N) is 3. The number of amides is 1. The third-order valence-electron chi connectivity index (χ3n) is 5.64. The summed E-state index contributed by atoms with van der Waals surface area (Å²) in [7, 11) is 0. The molecule has 0 radical (unpaired) electrons. The molecule has 0 saturated heterocycles. The van der Waals surface area contributed by atoms with Crippen LogP contribution in [0.25, 0.3) is 0 Å². The van der Waals surface area contributed by atoms with Crippen molar-refractivity contribution < 1.29 is 28.2 Å². The van der Waals surface area contributed by atoms with Gasteiger partial charge in [0.25, 0.3) is 5.91 Å². The first-order chi connectivity index (χ1) is 18.5. The number of hydrogen-bond acceptors (Lipinski definition) is 9. The monoisotopic (exact) mass is 549 g/mol. The third-order valence-corrected chi connectivity index (χ3v) is 7.77. The van der Waals surface area contributed by atoms with Crippen LogP contribution in [0, 0.1) is 5.82 Å². The molecule has 8 nitrogen and oxygen atoms in total. The number of halogens is 1. The van der Waals surface area contributed by atoms with Crippen LogP contribution in [0.3, 0.4) is 0 Å². The highest BCUT2D eigenvalue weighted by Gasteiger charge is 2.46. The molecule has 0 spiro atoms. The number of Topliss-reactive ketones (excluding diaryl/α,β-unsaturated/α-hetero) is 1. The largest absolute Gasteiger partial charge is 0.503 e. The van der Waals surface area contributed by atoms with Crippen molar-refractivity contribution >= 4 is 39.9 Å². The maximum absolute atomic E-state index is 13.3. The van der Waals surface area contributed by atoms with Crippen molar-refractivity contribution in [1.82, 2.24) is 10.2 Å². The lowest BCUT2D eigenvalue weighted by Crippen LogP contribution is -2.31. The molecule has 1 unspecified atom stereocenters. The first-order valence-corrected chi connectivity index (χ1v) is 13.2. The summed E-state index contributed by atoms with van der Waals surface area (Å²) >= 11 is 2.52. The van der Waals surface area contributed by atoms with E-state index >= 15 is 0 Å². The average molecular weight is 550 g/mol. The van der Waals surface area contributed by atoms with Crippen LogP contribution in [0.2, 0.25) is 0 Å². The van der Waals surface area contributed by atoms with Crippen LogP contribution in [-0.2, 0) is 10.5 Å². The number of benzene rings is 2. The molecular formula is C27H20FN3O5S2. The van der Waals surface area contributed by atoms with E-state index in [0.29, 0.717) is 28.0 Å². The van der Waals surface area contributed by atoms with Gasteiger partial charge in [-0.15, -0.1) is 10.2 Å². The van der Waals surface area contributed by atoms with E-state index in [1.54, 1.807) is 48.5 Å². The van der Waals surface area contributed by atoms with E-state index in [4.69, 9.17) is 9.15 Å². The van der Waals surface area contributed by atoms with Crippen molar-refractivity contribution in [2.24, 2.45) is 0 Å². The third kappa shape index (κ3) is 5.11. The lowest BCUT2D eigenvalue weighted by molar-refractivity contribution is -0.117. The SMILES string of the molecule is C=CCOc1ccc(C2C(C(=O)c3ccco3)=C(O)C(=O)N2c2nnc(SCc3ccc(F)cc3)s2)cc1. The predicted molar refractivity (Wildman–Crippen MR) is 141 cm³/mol. The smallest absolute Gasteiger partial charge is 0.296 e. The Labute approximate surface area is 225 Å². The molecule has 3 heterocycles. The second-order valence-electron chi connectivity index (χ2n) is 8.08. The molecule has 1 amide bonds. The number of ketones is 1. The molecule has 1 aliphatic heterocycles. The summed E-state index contributed by atoms with van der Waals surface area (Å²) < 4.78 is 24.6. The number of anilines is 1. The Morgan fingerprint density at radius 2 is 1.95 bits per heavy atom. The van der Waals surface area contributed by atoms with Gasteiger partial charge in [0.05, 0.1) is 17.9 Å². The summed E-state index contributed by atoms with van der Waals surface area (Å²) in [6.07, 6.45) is 2.96. The minimum Gasteiger partial charge on any atom is -0.503 e. The fraction of sp³-hybridized carbons (Fsp3) is 0.111. The summed E-state index contributed by atoms with van der Waals surface area (Å²) in [6.45, 7) is 3.95. The van der Waals surface area contributed by atoms with E-state index in [2.05, 4.69) is 16.8 Å². The Hall–Kier alpha value is -4.22. The van der Waals surface area contributed by atoms with E-state index in [1.807, 2.05) is 0 Å². The van der Waals surface area contributed by atoms with Crippen LogP contribution in [0.5, 0.6) is 5.75 Å². The molecule has 0 bridgehead atoms. The zero-order chi connectivity index (χ0) is 26.6. The van der Waals surface area contributed by atoms with Crippen molar-refractivity contribution in [3.63, 3.8) is 0 Å². The number of aliphatic hydroxyl groups excluding tert-OH is 1. The maximum Gasteiger partial charge on any atom is 0.296 e. The number of carbonyl (C=O) groups excluding carboxylic acids is 2. The zero-order valence-corrected chi connectivity index (χ0v) is 21.4. The standard InChI is InChI=1S/C27H20FN3O5S2/c1-2-13-35-19-11-7-17(8-12-19)22-21(23(32)20-4-3-14-36-20)24(33)25(34)31(22)26-29-30-27(38-26)37-15-16-5-9-18(28)10-6-16/h2-12,14,22,33H,1,13,15H2. The van der Waals surface area contributed by atoms with Crippen molar-refractivity contribution in [3.8, 4) is 5.75 Å². The van der Waals surface area contributed by atoms with E-state index in [9.17, 15) is 19.1 Å². The molecule has 4 aromatic rings. The summed E-state index contributed by atoms with van der Waals surface area (Å²) in [6, 6.07) is 15.0. The molecule has 192 valence electrons. The molecule has 38 heavy (non-hydrogen) atoms. The second-order valence-corrected chi connectivity index (χ2v) is 10.3. The van der Waals surface area contributed by atoms with Gasteiger partial charge in [-0.05, 0) is 47.5 Å². The maximum atomic E-state index is 13.3. The van der Waals surface area contributed by atoms with Crippen molar-refractivity contribution in [2.75, 3.05) is 11.5 Å². The Balaban J connectivity index is 1.47. The Morgan fingerprint density at radius 3 is 2.63 bits per heavy atom. The number of rotatable bonds is 10. The molecule has 0 fully saturated rings. The lowest BCUT2D eigenvalue weighted by atomic mass is 9.95. The van der Waals surface area contributed by atoms with Crippen LogP contribution in [0.1, 0.15) is 27.7 Å². The highest BCUT2D eigenvalue weighted by molar-refractivity contribution is 8.00. The minimum atomic E-state index is -0.976. The van der Waals surface area contributed by atoms with Crippen LogP contribution in [-0.4, -0.2) is 33.6 Å². The van der Waals surface area contributed by atoms with Gasteiger partial charge in [0, 0.05) is 5.75 Å². The molecule has 2 aromatic heterocycles. The Bertz CT molecular complexity index is 1500. The fourth-order valence-electron chi connectivity index (χ4n) is 3.88. The number of furan rings is 1. The summed E-state index contributed by atoms with van der Waals surface area (Å²) in [5.74, 6) is -1.30. The Morgan fingerprint density at radius 1 is 1.18 bits per heavy atom. The number of carbonyl (C=O) groups is 2. The quantitative estimate of drug-likeness (QED) is 0.113. The van der Waals surface area contributed by atoms with Crippen LogP contribution in [0.4, 0.5) is 9.52 Å². The highest BCUT2D eigenvalue weighted by Crippen LogP contribution is 2.44. The van der Waals surface area contributed by atoms with Gasteiger partial charge in [-0.2, -0.15) is 0 Å². The van der Waals surface area contributed by atoms with E-state index < -0.39 is 23.5 Å². The average Bonchev–Trinajstić information content (AvgIpc) is 3.68. The fourth-order valence-corrected chi connectivity index (χ4v) is 5.70. The molecule has 11 heteroatoms. The van der Waals surface area contributed by atoms with Crippen molar-refractivity contribution in [1.29, 1.82) is 0 Å². The Kier molecular flexibility index (Phi) is 7.38. The van der Waals surface area contributed by atoms with Gasteiger partial charge in [0.15, 0.2) is 15.9 Å². The number of ether oxygens (including phenoxy) is 1. The van der Waals surface area contributed by atoms with Crippen molar-refractivity contribution in [3.05, 3.63) is 114 Å². The van der Waals surface area contributed by atoms with E-state index in [0.717, 1.165) is 16.9 Å². The molecule has 1 N–H and O–H groups in total. The van der Waals surface area contributed by atoms with Gasteiger partial charge in [-0.1, -0.05) is 60.0 Å². The van der Waals surface area contributed by atoms with Gasteiger partial charge >= 0.3 is 0 Å². The number of hydrogen-bond donors (Lipinski definition) is 1. The molecular weight excluding hydrogens is 529 g/mol. The number of thioether (sulfide) groups is 1. The van der Waals surface area contributed by atoms with Crippen LogP contribution in [0.15, 0.2) is 99.7 Å². The summed E-state index contributed by atoms with van der Waals surface area (Å²) in [4.78, 5) is 27.9. The summed E-state index contributed by atoms with van der Waals surface area (Å²) in [5.41, 5.74) is 1.33. The van der Waals surface area contributed by atoms with E-state index in [1.165, 1.54) is 41.1 Å². The lowest BCUT2D eigenvalue weighted by Gasteiger charge is -2.24. The number of aromatic nitrogens is 2. The molecule has 2 aromatic carbocycles. The first-order valence-electron chi connectivity index (χ1n) is 11.4. The van der Waals surface area contributed by atoms with Gasteiger partial charge in [-0.25, -0.2) is 4.39 Å². The van der Waals surface area contributed by atoms with Crippen LogP contribution >= 0.6 is 23.1 Å². The van der Waals surface area contributed by atoms with Crippen molar-refractivity contribution in [2.45, 2.75) is 16.1 Å². The normalized spacial score (nSPS) is 15.2. The zero-order valence-electron chi connectivity index (χ0n) is 19.7. The molecule has 0 aliphatic carbocycles. The molecule has 1 atom stereocenters. The van der Waals surface area contributed by atoms with E-state index in [-0.39, 0.29) is 22.3 Å². The van der Waals surface area contributed by atoms with Gasteiger partial charge in [-0.3, -0.25) is 14.5 Å². The van der Waals surface area contributed by atoms with Crippen LogP contribution < -0.4 is 9.64 Å². The number of aliphatic hydroxyl groups is 1. The highest BCUT2D eigenvalue weighted by atomic mass is 32.2. The minimum absolute atomic E-state index is 0.00931. The van der Waals surface area contributed by atoms with Gasteiger partial charge in [0.1, 0.15) is 18.2 Å².